The zero-order valence-electron chi connectivity index (χ0n) is 10.4. The van der Waals surface area contributed by atoms with Gasteiger partial charge in [0.05, 0.1) is 0 Å². The summed E-state index contributed by atoms with van der Waals surface area (Å²) in [5.74, 6) is -2.49. The van der Waals surface area contributed by atoms with Crippen LogP contribution in [0.15, 0.2) is 46.9 Å². The van der Waals surface area contributed by atoms with Gasteiger partial charge in [-0.1, -0.05) is 0 Å². The summed E-state index contributed by atoms with van der Waals surface area (Å²) in [4.78, 5) is 29.2. The quantitative estimate of drug-likeness (QED) is 0.836. The number of carbonyl (C=O) groups is 2. The number of pyridine rings is 2. The molecule has 0 amide bonds. The maximum absolute atomic E-state index is 10.9. The van der Waals surface area contributed by atoms with Gasteiger partial charge in [-0.3, -0.25) is 0 Å². The van der Waals surface area contributed by atoms with Crippen molar-refractivity contribution >= 4 is 35.7 Å². The molecule has 21 heavy (non-hydrogen) atoms. The molecule has 0 aliphatic carbocycles. The van der Waals surface area contributed by atoms with Gasteiger partial charge in [-0.05, 0) is 24.3 Å². The number of rotatable bonds is 4. The molecule has 2 rings (SSSR count). The molecule has 0 atom stereocenters. The molecular weight excluding hydrogens is 300 g/mol. The number of aromatic carboxylic acids is 2. The highest BCUT2D eigenvalue weighted by Crippen LogP contribution is 2.22. The molecular formula is C12H9ClN4O4. The van der Waals surface area contributed by atoms with Gasteiger partial charge in [-0.15, -0.1) is 22.6 Å². The Kier molecular flexibility index (Phi) is 5.44. The van der Waals surface area contributed by atoms with Crippen molar-refractivity contribution in [3.8, 4) is 0 Å². The molecule has 0 bridgehead atoms. The van der Waals surface area contributed by atoms with Crippen LogP contribution in [0.2, 0.25) is 0 Å². The van der Waals surface area contributed by atoms with Crippen LogP contribution in [0.25, 0.3) is 0 Å². The van der Waals surface area contributed by atoms with Crippen molar-refractivity contribution in [1.29, 1.82) is 0 Å². The first-order valence-corrected chi connectivity index (χ1v) is 5.38. The average Bonchev–Trinajstić information content (AvgIpc) is 2.45. The lowest BCUT2D eigenvalue weighted by Crippen LogP contribution is -2.00. The Morgan fingerprint density at radius 2 is 1.24 bits per heavy atom. The summed E-state index contributed by atoms with van der Waals surface area (Å²) >= 11 is 0. The van der Waals surface area contributed by atoms with Crippen LogP contribution in [0, 0.1) is 0 Å². The molecule has 0 radical (unpaired) electrons. The Labute approximate surface area is 124 Å². The largest absolute Gasteiger partial charge is 0.476 e. The van der Waals surface area contributed by atoms with E-state index in [0.29, 0.717) is 0 Å². The number of carboxylic acid groups (broad SMARTS) is 2. The predicted octanol–water partition coefficient (Wildman–Crippen LogP) is 2.71. The van der Waals surface area contributed by atoms with Crippen molar-refractivity contribution in [2.45, 2.75) is 0 Å². The first-order chi connectivity index (χ1) is 9.59. The lowest BCUT2D eigenvalue weighted by molar-refractivity contribution is 0.0680. The van der Waals surface area contributed by atoms with Crippen LogP contribution in [0.3, 0.4) is 0 Å². The van der Waals surface area contributed by atoms with Crippen LogP contribution in [-0.2, 0) is 0 Å². The summed E-state index contributed by atoms with van der Waals surface area (Å²) in [5.41, 5.74) is -0.477. The molecule has 0 saturated carbocycles. The highest BCUT2D eigenvalue weighted by Gasteiger charge is 2.12. The topological polar surface area (TPSA) is 125 Å². The van der Waals surface area contributed by atoms with Gasteiger partial charge < -0.3 is 10.2 Å². The highest BCUT2D eigenvalue weighted by atomic mass is 35.5. The van der Waals surface area contributed by atoms with E-state index >= 15 is 0 Å². The zero-order valence-corrected chi connectivity index (χ0v) is 11.2. The van der Waals surface area contributed by atoms with Crippen LogP contribution in [0.5, 0.6) is 0 Å². The minimum atomic E-state index is -1.25. The standard InChI is InChI=1S/C12H8N4O4.ClH/c17-11(18)9-7(3-1-5-13-9)15-16-8-4-2-6-14-10(8)12(19)20;/h1-6H,(H,17,18)(H,19,20);1H. The molecule has 0 aliphatic heterocycles. The van der Waals surface area contributed by atoms with E-state index in [0.717, 1.165) is 0 Å². The Morgan fingerprint density at radius 1 is 0.857 bits per heavy atom. The van der Waals surface area contributed by atoms with Crippen LogP contribution >= 0.6 is 12.4 Å². The summed E-state index contributed by atoms with van der Waals surface area (Å²) in [5, 5.41) is 25.3. The van der Waals surface area contributed by atoms with Crippen molar-refractivity contribution in [3.05, 3.63) is 48.0 Å². The van der Waals surface area contributed by atoms with E-state index in [2.05, 4.69) is 20.2 Å². The molecule has 108 valence electrons. The van der Waals surface area contributed by atoms with E-state index in [1.165, 1.54) is 36.7 Å². The summed E-state index contributed by atoms with van der Waals surface area (Å²) in [6.45, 7) is 0. The van der Waals surface area contributed by atoms with Crippen LogP contribution in [0.1, 0.15) is 21.0 Å². The summed E-state index contributed by atoms with van der Waals surface area (Å²) < 4.78 is 0. The summed E-state index contributed by atoms with van der Waals surface area (Å²) in [6.07, 6.45) is 2.63. The van der Waals surface area contributed by atoms with Gasteiger partial charge in [0.2, 0.25) is 0 Å². The van der Waals surface area contributed by atoms with Gasteiger partial charge in [0.1, 0.15) is 11.4 Å². The second kappa shape index (κ2) is 7.06. The lowest BCUT2D eigenvalue weighted by Gasteiger charge is -1.99. The molecule has 8 nitrogen and oxygen atoms in total. The molecule has 9 heteroatoms. The molecule has 2 N–H and O–H groups in total. The van der Waals surface area contributed by atoms with Crippen molar-refractivity contribution < 1.29 is 19.8 Å². The lowest BCUT2D eigenvalue weighted by atomic mass is 10.3. The van der Waals surface area contributed by atoms with Crippen molar-refractivity contribution in [1.82, 2.24) is 9.97 Å². The molecule has 2 heterocycles. The van der Waals surface area contributed by atoms with Gasteiger partial charge in [-0.2, -0.15) is 0 Å². The maximum Gasteiger partial charge on any atom is 0.356 e. The fourth-order valence-corrected chi connectivity index (χ4v) is 1.39. The molecule has 0 saturated heterocycles. The van der Waals surface area contributed by atoms with Gasteiger partial charge in [0.15, 0.2) is 11.4 Å². The molecule has 0 fully saturated rings. The third-order valence-electron chi connectivity index (χ3n) is 2.24. The van der Waals surface area contributed by atoms with Crippen molar-refractivity contribution in [2.24, 2.45) is 10.2 Å². The van der Waals surface area contributed by atoms with E-state index in [-0.39, 0.29) is 35.2 Å². The molecule has 0 unspecified atom stereocenters. The molecule has 0 spiro atoms. The van der Waals surface area contributed by atoms with Gasteiger partial charge in [0, 0.05) is 12.4 Å². The first kappa shape index (κ1) is 16.2. The number of halogens is 1. The molecule has 0 aromatic carbocycles. The second-order valence-corrected chi connectivity index (χ2v) is 3.55. The molecule has 2 aromatic rings. The number of nitrogens with zero attached hydrogens (tertiary/aromatic N) is 4. The van der Waals surface area contributed by atoms with Crippen LogP contribution < -0.4 is 0 Å². The Bertz CT molecular complexity index is 646. The monoisotopic (exact) mass is 308 g/mol. The number of aromatic nitrogens is 2. The van der Waals surface area contributed by atoms with E-state index in [9.17, 15) is 9.59 Å². The SMILES string of the molecule is Cl.O=C(O)c1ncccc1N=Nc1cccnc1C(=O)O. The minimum Gasteiger partial charge on any atom is -0.476 e. The molecule has 0 aliphatic rings. The smallest absolute Gasteiger partial charge is 0.356 e. The van der Waals surface area contributed by atoms with Gasteiger partial charge >= 0.3 is 11.9 Å². The Balaban J connectivity index is 0.00000220. The normalized spacial score (nSPS) is 10.1. The summed E-state index contributed by atoms with van der Waals surface area (Å²) in [6, 6.07) is 5.83. The highest BCUT2D eigenvalue weighted by molar-refractivity contribution is 5.91. The average molecular weight is 309 g/mol. The van der Waals surface area contributed by atoms with Gasteiger partial charge in [0.25, 0.3) is 0 Å². The maximum atomic E-state index is 10.9. The fourth-order valence-electron chi connectivity index (χ4n) is 1.39. The summed E-state index contributed by atoms with van der Waals surface area (Å²) in [7, 11) is 0. The number of hydrogen-bond acceptors (Lipinski definition) is 6. The number of hydrogen-bond donors (Lipinski definition) is 2. The third-order valence-corrected chi connectivity index (χ3v) is 2.24. The Hall–Kier alpha value is -2.87. The van der Waals surface area contributed by atoms with Crippen molar-refractivity contribution in [3.63, 3.8) is 0 Å². The zero-order chi connectivity index (χ0) is 14.5. The third kappa shape index (κ3) is 3.80. The first-order valence-electron chi connectivity index (χ1n) is 5.38. The number of azo groups is 1. The fraction of sp³-hybridized carbons (Fsp3) is 0. The Morgan fingerprint density at radius 3 is 1.57 bits per heavy atom. The number of carboxylic acids is 2. The van der Waals surface area contributed by atoms with Crippen LogP contribution in [-0.4, -0.2) is 32.1 Å². The minimum absolute atomic E-state index is 0. The predicted molar refractivity (Wildman–Crippen MR) is 73.8 cm³/mol. The second-order valence-electron chi connectivity index (χ2n) is 3.55. The van der Waals surface area contributed by atoms with E-state index in [4.69, 9.17) is 10.2 Å². The van der Waals surface area contributed by atoms with Crippen LogP contribution in [0.4, 0.5) is 11.4 Å². The van der Waals surface area contributed by atoms with E-state index in [1.807, 2.05) is 0 Å². The van der Waals surface area contributed by atoms with E-state index < -0.39 is 11.9 Å². The van der Waals surface area contributed by atoms with E-state index in [1.54, 1.807) is 0 Å². The van der Waals surface area contributed by atoms with Gasteiger partial charge in [-0.25, -0.2) is 19.6 Å². The molecule has 2 aromatic heterocycles. The van der Waals surface area contributed by atoms with Crippen molar-refractivity contribution in [2.75, 3.05) is 0 Å².